The first-order chi connectivity index (χ1) is 17.7. The van der Waals surface area contributed by atoms with Gasteiger partial charge in [0.15, 0.2) is 5.75 Å². The second-order valence-corrected chi connectivity index (χ2v) is 10.0. The fourth-order valence-corrected chi connectivity index (χ4v) is 4.40. The standard InChI is InChI=1S/C25H41N5O4S2/c1-3-4-5-6-7-8-9-10-11-12-18-32-19-14-17-26-23(31)28-29-24-27-25(30-35-24)36-34-33-22-16-13-15-21(2)20-22/h13,15-16,20H,3-12,14,17-19H2,1-2H3,(H2,26,28,31)(H,27,29,30). The highest BCUT2D eigenvalue weighted by molar-refractivity contribution is 7.94. The van der Waals surface area contributed by atoms with Gasteiger partial charge in [-0.15, -0.1) is 4.33 Å². The van der Waals surface area contributed by atoms with Crippen molar-refractivity contribution >= 4 is 34.7 Å². The lowest BCUT2D eigenvalue weighted by molar-refractivity contribution is -0.0781. The molecule has 2 rings (SSSR count). The van der Waals surface area contributed by atoms with E-state index in [4.69, 9.17) is 14.0 Å². The van der Waals surface area contributed by atoms with Gasteiger partial charge in [-0.25, -0.2) is 10.2 Å². The van der Waals surface area contributed by atoms with E-state index in [9.17, 15) is 4.79 Å². The number of carbonyl (C=O) groups excluding carboxylic acids is 1. The quantitative estimate of drug-likeness (QED) is 0.0687. The topological polar surface area (TPSA) is 107 Å². The smallest absolute Gasteiger partial charge is 0.333 e. The van der Waals surface area contributed by atoms with Gasteiger partial charge in [0.05, 0.1) is 0 Å². The van der Waals surface area contributed by atoms with Crippen molar-refractivity contribution in [1.29, 1.82) is 0 Å². The van der Waals surface area contributed by atoms with Crippen LogP contribution in [0.1, 0.15) is 83.1 Å². The zero-order valence-electron chi connectivity index (χ0n) is 21.6. The van der Waals surface area contributed by atoms with Gasteiger partial charge in [-0.2, -0.15) is 9.36 Å². The number of aromatic nitrogens is 2. The van der Waals surface area contributed by atoms with E-state index in [1.165, 1.54) is 57.8 Å². The fraction of sp³-hybridized carbons (Fsp3) is 0.640. The molecule has 1 aromatic heterocycles. The SMILES string of the molecule is CCCCCCCCCCCCOCCCNC(=O)NNc1nc(SOOc2cccc(C)c2)ns1. The minimum absolute atomic E-state index is 0.340. The van der Waals surface area contributed by atoms with E-state index in [-0.39, 0.29) is 6.03 Å². The van der Waals surface area contributed by atoms with E-state index in [2.05, 4.69) is 32.4 Å². The van der Waals surface area contributed by atoms with Crippen LogP contribution in [0.4, 0.5) is 9.93 Å². The van der Waals surface area contributed by atoms with E-state index in [1.54, 1.807) is 6.07 Å². The first kappa shape index (κ1) is 30.1. The van der Waals surface area contributed by atoms with Crippen molar-refractivity contribution in [3.8, 4) is 5.75 Å². The number of unbranched alkanes of at least 4 members (excludes halogenated alkanes) is 9. The Morgan fingerprint density at radius 3 is 2.47 bits per heavy atom. The van der Waals surface area contributed by atoms with Gasteiger partial charge in [0, 0.05) is 31.3 Å². The van der Waals surface area contributed by atoms with Gasteiger partial charge in [0.2, 0.25) is 10.3 Å². The van der Waals surface area contributed by atoms with Gasteiger partial charge in [0.25, 0.3) is 0 Å². The molecule has 2 aromatic rings. The Hall–Kier alpha value is -2.08. The van der Waals surface area contributed by atoms with Crippen LogP contribution in [0.2, 0.25) is 0 Å². The molecule has 0 unspecified atom stereocenters. The molecule has 0 radical (unpaired) electrons. The molecule has 3 N–H and O–H groups in total. The number of benzene rings is 1. The lowest BCUT2D eigenvalue weighted by atomic mass is 10.1. The van der Waals surface area contributed by atoms with Gasteiger partial charge < -0.3 is 14.9 Å². The summed E-state index contributed by atoms with van der Waals surface area (Å²) in [6.45, 7) is 6.20. The summed E-state index contributed by atoms with van der Waals surface area (Å²) in [5.74, 6) is 0.596. The van der Waals surface area contributed by atoms with Crippen LogP contribution in [0.15, 0.2) is 29.4 Å². The average molecular weight is 540 g/mol. The molecule has 0 saturated heterocycles. The minimum Gasteiger partial charge on any atom is -0.381 e. The maximum atomic E-state index is 11.9. The van der Waals surface area contributed by atoms with Crippen LogP contribution in [0.3, 0.4) is 0 Å². The number of nitrogens with one attached hydrogen (secondary N) is 3. The molecule has 1 aromatic carbocycles. The Kier molecular flexibility index (Phi) is 16.8. The number of aryl methyl sites for hydroxylation is 1. The molecule has 1 heterocycles. The third-order valence-electron chi connectivity index (χ3n) is 5.31. The van der Waals surface area contributed by atoms with Crippen molar-refractivity contribution in [2.45, 2.75) is 89.6 Å². The highest BCUT2D eigenvalue weighted by atomic mass is 32.2. The second kappa shape index (κ2) is 20.0. The van der Waals surface area contributed by atoms with Crippen LogP contribution in [0.5, 0.6) is 5.75 Å². The van der Waals surface area contributed by atoms with Gasteiger partial charge in [-0.3, -0.25) is 5.43 Å². The van der Waals surface area contributed by atoms with Gasteiger partial charge in [-0.05, 0) is 37.5 Å². The summed E-state index contributed by atoms with van der Waals surface area (Å²) in [7, 11) is 0. The first-order valence-electron chi connectivity index (χ1n) is 13.0. The number of hydrazine groups is 1. The number of carbonyl (C=O) groups is 1. The summed E-state index contributed by atoms with van der Waals surface area (Å²) >= 11 is 1.99. The molecule has 202 valence electrons. The highest BCUT2D eigenvalue weighted by Gasteiger charge is 2.08. The molecule has 0 fully saturated rings. The molecule has 9 nitrogen and oxygen atoms in total. The second-order valence-electron chi connectivity index (χ2n) is 8.59. The van der Waals surface area contributed by atoms with Crippen molar-refractivity contribution in [1.82, 2.24) is 20.1 Å². The summed E-state index contributed by atoms with van der Waals surface area (Å²) in [6, 6.07) is 7.16. The fourth-order valence-electron chi connectivity index (χ4n) is 3.37. The monoisotopic (exact) mass is 539 g/mol. The molecule has 2 amide bonds. The molecule has 0 saturated carbocycles. The molecule has 0 aliphatic rings. The summed E-state index contributed by atoms with van der Waals surface area (Å²) in [4.78, 5) is 21.3. The van der Waals surface area contributed by atoms with Crippen molar-refractivity contribution < 1.29 is 18.8 Å². The number of hydrogen-bond acceptors (Lipinski definition) is 9. The number of urea groups is 1. The van der Waals surface area contributed by atoms with Crippen molar-refractivity contribution in [3.63, 3.8) is 0 Å². The van der Waals surface area contributed by atoms with Crippen LogP contribution in [0, 0.1) is 6.92 Å². The number of rotatable bonds is 21. The first-order valence-corrected chi connectivity index (χ1v) is 14.5. The maximum absolute atomic E-state index is 11.9. The third kappa shape index (κ3) is 15.1. The molecule has 0 spiro atoms. The van der Waals surface area contributed by atoms with Crippen LogP contribution in [-0.4, -0.2) is 35.1 Å². The molecule has 36 heavy (non-hydrogen) atoms. The average Bonchev–Trinajstić information content (AvgIpc) is 3.33. The normalized spacial score (nSPS) is 10.8. The summed E-state index contributed by atoms with van der Waals surface area (Å²) in [5.41, 5.74) is 6.33. The van der Waals surface area contributed by atoms with Crippen LogP contribution >= 0.6 is 23.6 Å². The number of ether oxygens (including phenoxy) is 1. The van der Waals surface area contributed by atoms with Crippen LogP contribution in [0.25, 0.3) is 0 Å². The number of anilines is 1. The van der Waals surface area contributed by atoms with Crippen molar-refractivity contribution in [2.24, 2.45) is 0 Å². The lowest BCUT2D eigenvalue weighted by Gasteiger charge is -2.08. The summed E-state index contributed by atoms with van der Waals surface area (Å²) in [5, 5.41) is 3.58. The van der Waals surface area contributed by atoms with E-state index in [0.29, 0.717) is 29.2 Å². The Morgan fingerprint density at radius 1 is 1.00 bits per heavy atom. The van der Waals surface area contributed by atoms with Crippen molar-refractivity contribution in [3.05, 3.63) is 29.8 Å². The number of nitrogens with zero attached hydrogens (tertiary/aromatic N) is 2. The van der Waals surface area contributed by atoms with Gasteiger partial charge in [0.1, 0.15) is 12.0 Å². The molecule has 0 atom stereocenters. The molecule has 11 heteroatoms. The largest absolute Gasteiger partial charge is 0.381 e. The molecular formula is C25H41N5O4S2. The summed E-state index contributed by atoms with van der Waals surface area (Å²) < 4.78 is 14.9. The van der Waals surface area contributed by atoms with Gasteiger partial charge >= 0.3 is 6.03 Å². The zero-order chi connectivity index (χ0) is 25.7. The lowest BCUT2D eigenvalue weighted by Crippen LogP contribution is -2.39. The molecule has 0 bridgehead atoms. The minimum atomic E-state index is -0.340. The Bertz CT molecular complexity index is 840. The predicted molar refractivity (Wildman–Crippen MR) is 146 cm³/mol. The Balaban J connectivity index is 1.38. The third-order valence-corrected chi connectivity index (χ3v) is 6.53. The zero-order valence-corrected chi connectivity index (χ0v) is 23.2. The predicted octanol–water partition coefficient (Wildman–Crippen LogP) is 6.82. The number of amides is 2. The van der Waals surface area contributed by atoms with Crippen molar-refractivity contribution in [2.75, 3.05) is 25.2 Å². The molecule has 0 aliphatic carbocycles. The maximum Gasteiger partial charge on any atom is 0.333 e. The van der Waals surface area contributed by atoms with E-state index in [0.717, 1.165) is 48.6 Å². The van der Waals surface area contributed by atoms with Gasteiger partial charge in [-0.1, -0.05) is 76.8 Å². The van der Waals surface area contributed by atoms with Crippen LogP contribution < -0.4 is 21.1 Å². The summed E-state index contributed by atoms with van der Waals surface area (Å²) in [6.07, 6.45) is 14.0. The van der Waals surface area contributed by atoms with E-state index >= 15 is 0 Å². The molecule has 0 aliphatic heterocycles. The Morgan fingerprint density at radius 2 is 1.72 bits per heavy atom. The highest BCUT2D eigenvalue weighted by Crippen LogP contribution is 2.22. The molecular weight excluding hydrogens is 498 g/mol. The van der Waals surface area contributed by atoms with Crippen LogP contribution in [-0.2, 0) is 9.07 Å². The number of hydrogen-bond donors (Lipinski definition) is 3. The van der Waals surface area contributed by atoms with E-state index < -0.39 is 0 Å². The van der Waals surface area contributed by atoms with E-state index in [1.807, 2.05) is 25.1 Å². The Labute approximate surface area is 223 Å².